The molecule has 0 spiro atoms. The molecule has 1 aromatic carbocycles. The number of alkyl halides is 3. The Morgan fingerprint density at radius 2 is 2.00 bits per heavy atom. The number of halogens is 3. The predicted molar refractivity (Wildman–Crippen MR) is 83.7 cm³/mol. The number of aryl methyl sites for hydroxylation is 1. The molecule has 0 bridgehead atoms. The van der Waals surface area contributed by atoms with Crippen molar-refractivity contribution in [1.29, 1.82) is 0 Å². The fraction of sp³-hybridized carbons (Fsp3) is 0.188. The third kappa shape index (κ3) is 3.68. The first kappa shape index (κ1) is 17.5. The largest absolute Gasteiger partial charge is 0.573 e. The summed E-state index contributed by atoms with van der Waals surface area (Å²) in [5, 5.41) is 2.63. The van der Waals surface area contributed by atoms with Crippen LogP contribution in [-0.4, -0.2) is 22.2 Å². The van der Waals surface area contributed by atoms with Crippen LogP contribution >= 0.6 is 0 Å². The van der Waals surface area contributed by atoms with Gasteiger partial charge in [-0.2, -0.15) is 0 Å². The number of amides is 1. The zero-order valence-corrected chi connectivity index (χ0v) is 13.3. The van der Waals surface area contributed by atoms with Crippen LogP contribution in [0.5, 0.6) is 5.75 Å². The SMILES string of the molecule is Cc1oc2nc[nH]c(=O)c2c1C(=O)NCc1ccc(OC(F)(F)F)cc1. The number of aromatic amines is 1. The van der Waals surface area contributed by atoms with E-state index < -0.39 is 17.8 Å². The summed E-state index contributed by atoms with van der Waals surface area (Å²) in [6, 6.07) is 5.05. The number of hydrogen-bond acceptors (Lipinski definition) is 5. The van der Waals surface area contributed by atoms with E-state index in [-0.39, 0.29) is 34.7 Å². The second-order valence-corrected chi connectivity index (χ2v) is 5.32. The third-order valence-electron chi connectivity index (χ3n) is 3.51. The summed E-state index contributed by atoms with van der Waals surface area (Å²) in [7, 11) is 0. The summed E-state index contributed by atoms with van der Waals surface area (Å²) < 4.78 is 45.5. The van der Waals surface area contributed by atoms with Gasteiger partial charge in [-0.3, -0.25) is 9.59 Å². The lowest BCUT2D eigenvalue weighted by molar-refractivity contribution is -0.274. The number of ether oxygens (including phenoxy) is 1. The smallest absolute Gasteiger partial charge is 0.442 e. The van der Waals surface area contributed by atoms with Crippen molar-refractivity contribution in [3.05, 3.63) is 57.8 Å². The molecule has 136 valence electrons. The highest BCUT2D eigenvalue weighted by molar-refractivity contribution is 6.06. The third-order valence-corrected chi connectivity index (χ3v) is 3.51. The van der Waals surface area contributed by atoms with Gasteiger partial charge in [0.1, 0.15) is 16.9 Å². The Labute approximate surface area is 143 Å². The van der Waals surface area contributed by atoms with E-state index in [9.17, 15) is 22.8 Å². The second-order valence-electron chi connectivity index (χ2n) is 5.32. The van der Waals surface area contributed by atoms with E-state index in [1.807, 2.05) is 0 Å². The van der Waals surface area contributed by atoms with Crippen molar-refractivity contribution in [2.45, 2.75) is 19.8 Å². The van der Waals surface area contributed by atoms with Gasteiger partial charge in [-0.15, -0.1) is 13.2 Å². The molecule has 0 aliphatic carbocycles. The average molecular weight is 367 g/mol. The summed E-state index contributed by atoms with van der Waals surface area (Å²) in [6.07, 6.45) is -3.60. The fourth-order valence-corrected chi connectivity index (χ4v) is 2.41. The minimum atomic E-state index is -4.77. The van der Waals surface area contributed by atoms with Crippen molar-refractivity contribution in [3.8, 4) is 5.75 Å². The van der Waals surface area contributed by atoms with E-state index in [2.05, 4.69) is 20.0 Å². The van der Waals surface area contributed by atoms with Gasteiger partial charge in [-0.25, -0.2) is 4.98 Å². The normalized spacial score (nSPS) is 11.5. The average Bonchev–Trinajstić information content (AvgIpc) is 2.90. The molecule has 0 fully saturated rings. The first-order chi connectivity index (χ1) is 12.2. The maximum absolute atomic E-state index is 12.4. The van der Waals surface area contributed by atoms with Crippen LogP contribution in [0.15, 0.2) is 39.8 Å². The van der Waals surface area contributed by atoms with E-state index >= 15 is 0 Å². The van der Waals surface area contributed by atoms with Crippen LogP contribution < -0.4 is 15.6 Å². The summed E-state index contributed by atoms with van der Waals surface area (Å²) in [4.78, 5) is 30.5. The molecule has 0 saturated carbocycles. The number of carbonyl (C=O) groups excluding carboxylic acids is 1. The molecule has 0 atom stereocenters. The van der Waals surface area contributed by atoms with Crippen LogP contribution in [0.25, 0.3) is 11.1 Å². The highest BCUT2D eigenvalue weighted by Gasteiger charge is 2.31. The molecular weight excluding hydrogens is 355 g/mol. The van der Waals surface area contributed by atoms with Gasteiger partial charge < -0.3 is 19.5 Å². The quantitative estimate of drug-likeness (QED) is 0.739. The molecule has 10 heteroatoms. The number of carbonyl (C=O) groups is 1. The van der Waals surface area contributed by atoms with Crippen molar-refractivity contribution in [3.63, 3.8) is 0 Å². The Morgan fingerprint density at radius 1 is 1.31 bits per heavy atom. The molecule has 2 aromatic heterocycles. The number of aromatic nitrogens is 2. The van der Waals surface area contributed by atoms with Crippen molar-refractivity contribution < 1.29 is 27.1 Å². The van der Waals surface area contributed by atoms with Crippen LogP contribution in [0.4, 0.5) is 13.2 Å². The van der Waals surface area contributed by atoms with E-state index in [1.54, 1.807) is 0 Å². The van der Waals surface area contributed by atoms with E-state index in [1.165, 1.54) is 25.4 Å². The number of benzene rings is 1. The zero-order valence-electron chi connectivity index (χ0n) is 13.3. The number of hydrogen-bond donors (Lipinski definition) is 2. The molecule has 26 heavy (non-hydrogen) atoms. The molecule has 2 heterocycles. The van der Waals surface area contributed by atoms with Crippen LogP contribution in [0.1, 0.15) is 21.7 Å². The molecule has 0 aliphatic heterocycles. The van der Waals surface area contributed by atoms with Crippen LogP contribution in [-0.2, 0) is 6.54 Å². The van der Waals surface area contributed by atoms with Gasteiger partial charge in [0.2, 0.25) is 5.71 Å². The van der Waals surface area contributed by atoms with Crippen LogP contribution in [0.2, 0.25) is 0 Å². The summed E-state index contributed by atoms with van der Waals surface area (Å²) in [5.41, 5.74) is 0.146. The van der Waals surface area contributed by atoms with Gasteiger partial charge in [0.25, 0.3) is 11.5 Å². The molecule has 3 aromatic rings. The Hall–Kier alpha value is -3.30. The zero-order chi connectivity index (χ0) is 18.9. The lowest BCUT2D eigenvalue weighted by Gasteiger charge is -2.09. The maximum Gasteiger partial charge on any atom is 0.573 e. The van der Waals surface area contributed by atoms with Crippen LogP contribution in [0.3, 0.4) is 0 Å². The molecule has 0 saturated heterocycles. The molecule has 2 N–H and O–H groups in total. The number of H-pyrrole nitrogens is 1. The molecule has 3 rings (SSSR count). The predicted octanol–water partition coefficient (Wildman–Crippen LogP) is 2.65. The Morgan fingerprint density at radius 3 is 2.65 bits per heavy atom. The first-order valence-corrected chi connectivity index (χ1v) is 7.34. The number of fused-ring (bicyclic) bond motifs is 1. The molecule has 1 amide bonds. The van der Waals surface area contributed by atoms with Crippen molar-refractivity contribution >= 4 is 17.0 Å². The number of nitrogens with one attached hydrogen (secondary N) is 2. The van der Waals surface area contributed by atoms with Gasteiger partial charge in [-0.1, -0.05) is 12.1 Å². The molecule has 0 aliphatic rings. The minimum absolute atomic E-state index is 0.0371. The lowest BCUT2D eigenvalue weighted by atomic mass is 10.1. The van der Waals surface area contributed by atoms with Gasteiger partial charge in [-0.05, 0) is 24.6 Å². The van der Waals surface area contributed by atoms with Crippen molar-refractivity contribution in [1.82, 2.24) is 15.3 Å². The highest BCUT2D eigenvalue weighted by Crippen LogP contribution is 2.23. The van der Waals surface area contributed by atoms with E-state index in [0.717, 1.165) is 12.1 Å². The van der Waals surface area contributed by atoms with Gasteiger partial charge in [0.05, 0.1) is 11.9 Å². The number of rotatable bonds is 4. The second kappa shape index (κ2) is 6.54. The Kier molecular flexibility index (Phi) is 4.41. The Bertz CT molecular complexity index is 1010. The molecular formula is C16H12F3N3O4. The molecule has 0 unspecified atom stereocenters. The topological polar surface area (TPSA) is 97.2 Å². The summed E-state index contributed by atoms with van der Waals surface area (Å²) in [5.74, 6) is -0.687. The van der Waals surface area contributed by atoms with Crippen molar-refractivity contribution in [2.24, 2.45) is 0 Å². The Balaban J connectivity index is 1.74. The first-order valence-electron chi connectivity index (χ1n) is 7.34. The van der Waals surface area contributed by atoms with Crippen molar-refractivity contribution in [2.75, 3.05) is 0 Å². The molecule has 7 nitrogen and oxygen atoms in total. The van der Waals surface area contributed by atoms with E-state index in [0.29, 0.717) is 5.56 Å². The minimum Gasteiger partial charge on any atom is -0.442 e. The number of nitrogens with zero attached hydrogens (tertiary/aromatic N) is 1. The highest BCUT2D eigenvalue weighted by atomic mass is 19.4. The summed E-state index contributed by atoms with van der Waals surface area (Å²) >= 11 is 0. The van der Waals surface area contributed by atoms with Gasteiger partial charge >= 0.3 is 6.36 Å². The van der Waals surface area contributed by atoms with Gasteiger partial charge in [0, 0.05) is 6.54 Å². The summed E-state index contributed by atoms with van der Waals surface area (Å²) in [6.45, 7) is 1.56. The monoisotopic (exact) mass is 367 g/mol. The number of furan rings is 1. The van der Waals surface area contributed by atoms with E-state index in [4.69, 9.17) is 4.42 Å². The van der Waals surface area contributed by atoms with Gasteiger partial charge in [0.15, 0.2) is 0 Å². The fourth-order valence-electron chi connectivity index (χ4n) is 2.41. The lowest BCUT2D eigenvalue weighted by Crippen LogP contribution is -2.24. The molecule has 0 radical (unpaired) electrons. The standard InChI is InChI=1S/C16H12F3N3O4/c1-8-11(12-14(24)21-7-22-15(12)25-8)13(23)20-6-9-2-4-10(5-3-9)26-16(17,18)19/h2-5,7H,6H2,1H3,(H,20,23)(H,21,22,24). The maximum atomic E-state index is 12.4. The van der Waals surface area contributed by atoms with Crippen LogP contribution in [0, 0.1) is 6.92 Å².